The highest BCUT2D eigenvalue weighted by atomic mass is 16.5. The van der Waals surface area contributed by atoms with Crippen molar-refractivity contribution in [2.75, 3.05) is 6.61 Å². The van der Waals surface area contributed by atoms with Crippen molar-refractivity contribution in [1.29, 1.82) is 0 Å². The second-order valence-electron chi connectivity index (χ2n) is 9.45. The first-order chi connectivity index (χ1) is 9.98. The molecule has 0 amide bonds. The third-order valence-electron chi connectivity index (χ3n) is 8.76. The van der Waals surface area contributed by atoms with Gasteiger partial charge >= 0.3 is 0 Å². The quantitative estimate of drug-likeness (QED) is 0.589. The van der Waals surface area contributed by atoms with Crippen LogP contribution in [0.1, 0.15) is 72.6 Å². The fourth-order valence-electron chi connectivity index (χ4n) is 7.76. The van der Waals surface area contributed by atoms with E-state index in [0.717, 1.165) is 36.2 Å². The summed E-state index contributed by atoms with van der Waals surface area (Å²) >= 11 is 0. The highest BCUT2D eigenvalue weighted by molar-refractivity contribution is 5.13. The molecule has 4 aliphatic rings. The van der Waals surface area contributed by atoms with E-state index in [-0.39, 0.29) is 0 Å². The molecular weight excluding hydrogens is 256 g/mol. The minimum absolute atomic E-state index is 0.470. The van der Waals surface area contributed by atoms with Crippen LogP contribution in [-0.2, 0) is 4.74 Å². The maximum atomic E-state index is 6.41. The van der Waals surface area contributed by atoms with Gasteiger partial charge in [0.05, 0.1) is 6.10 Å². The van der Waals surface area contributed by atoms with Crippen molar-refractivity contribution in [2.24, 2.45) is 40.4 Å². The summed E-state index contributed by atoms with van der Waals surface area (Å²) in [5.74, 6) is 4.58. The molecule has 0 aromatic heterocycles. The van der Waals surface area contributed by atoms with Crippen molar-refractivity contribution in [1.82, 2.24) is 0 Å². The molecule has 1 heteroatoms. The third kappa shape index (κ3) is 1.79. The number of fused-ring (bicyclic) bond motifs is 2. The van der Waals surface area contributed by atoms with E-state index in [1.807, 2.05) is 0 Å². The summed E-state index contributed by atoms with van der Waals surface area (Å²) in [6, 6.07) is 0. The molecule has 0 bridgehead atoms. The molecule has 0 N–H and O–H groups in total. The van der Waals surface area contributed by atoms with Gasteiger partial charge in [-0.05, 0) is 60.7 Å². The van der Waals surface area contributed by atoms with E-state index in [2.05, 4.69) is 27.7 Å². The highest BCUT2D eigenvalue weighted by Crippen LogP contribution is 2.68. The van der Waals surface area contributed by atoms with Crippen LogP contribution in [0, 0.1) is 40.4 Å². The molecule has 3 saturated carbocycles. The second kappa shape index (κ2) is 4.73. The number of hydrogen-bond donors (Lipinski definition) is 0. The molecule has 4 fully saturated rings. The first kappa shape index (κ1) is 14.5. The smallest absolute Gasteiger partial charge is 0.0637 e. The molecule has 21 heavy (non-hydrogen) atoms. The van der Waals surface area contributed by atoms with Gasteiger partial charge in [-0.25, -0.2) is 0 Å². The van der Waals surface area contributed by atoms with Crippen molar-refractivity contribution in [2.45, 2.75) is 78.7 Å². The lowest BCUT2D eigenvalue weighted by Gasteiger charge is -2.68. The number of hydrogen-bond acceptors (Lipinski definition) is 1. The van der Waals surface area contributed by atoms with Crippen LogP contribution in [0.5, 0.6) is 0 Å². The van der Waals surface area contributed by atoms with Crippen LogP contribution >= 0.6 is 0 Å². The predicted octanol–water partition coefficient (Wildman–Crippen LogP) is 5.29. The third-order valence-corrected chi connectivity index (χ3v) is 8.76. The monoisotopic (exact) mass is 290 g/mol. The average molecular weight is 290 g/mol. The molecule has 1 heterocycles. The molecule has 3 aliphatic carbocycles. The molecule has 8 atom stereocenters. The fraction of sp³-hybridized carbons (Fsp3) is 1.00. The van der Waals surface area contributed by atoms with Crippen LogP contribution in [-0.4, -0.2) is 12.7 Å². The second-order valence-corrected chi connectivity index (χ2v) is 9.45. The summed E-state index contributed by atoms with van der Waals surface area (Å²) in [5, 5.41) is 0. The average Bonchev–Trinajstić information content (AvgIpc) is 2.43. The lowest BCUT2D eigenvalue weighted by atomic mass is 9.39. The Hall–Kier alpha value is -0.0400. The first-order valence-corrected chi connectivity index (χ1v) is 9.59. The van der Waals surface area contributed by atoms with E-state index in [1.54, 1.807) is 0 Å². The topological polar surface area (TPSA) is 9.23 Å². The summed E-state index contributed by atoms with van der Waals surface area (Å²) in [6.45, 7) is 11.4. The van der Waals surface area contributed by atoms with Crippen LogP contribution in [0.25, 0.3) is 0 Å². The Kier molecular flexibility index (Phi) is 3.27. The van der Waals surface area contributed by atoms with Gasteiger partial charge in [-0.1, -0.05) is 47.0 Å². The summed E-state index contributed by atoms with van der Waals surface area (Å²) in [6.07, 6.45) is 10.6. The van der Waals surface area contributed by atoms with E-state index < -0.39 is 0 Å². The Labute approximate surface area is 131 Å². The molecule has 1 aliphatic heterocycles. The van der Waals surface area contributed by atoms with Gasteiger partial charge in [-0.2, -0.15) is 0 Å². The summed E-state index contributed by atoms with van der Waals surface area (Å²) in [4.78, 5) is 0. The molecule has 0 aromatic carbocycles. The Balaban J connectivity index is 1.77. The lowest BCUT2D eigenvalue weighted by molar-refractivity contribution is -0.251. The SMILES string of the molecule is C[C@@H]1CCC[C@]2(C)[C@H]3CC[C@H](C)[C@@H]4CCO[C@H](C[C@@H]12)[C@]34C. The van der Waals surface area contributed by atoms with Crippen LogP contribution in [0.15, 0.2) is 0 Å². The van der Waals surface area contributed by atoms with Crippen LogP contribution in [0.4, 0.5) is 0 Å². The molecule has 120 valence electrons. The van der Waals surface area contributed by atoms with Gasteiger partial charge in [0.1, 0.15) is 0 Å². The maximum absolute atomic E-state index is 6.41. The zero-order valence-electron chi connectivity index (χ0n) is 14.5. The van der Waals surface area contributed by atoms with Gasteiger partial charge in [-0.3, -0.25) is 0 Å². The minimum Gasteiger partial charge on any atom is -0.378 e. The largest absolute Gasteiger partial charge is 0.378 e. The standard InChI is InChI=1S/C20H34O/c1-13-6-5-10-19(3)16(13)12-18-20(4)15(9-11-21-18)14(2)7-8-17(19)20/h13-18H,5-12H2,1-4H3/t13-,14+,15+,16+,17-,18-,19+,20+/m1/s1. The molecule has 0 spiro atoms. The van der Waals surface area contributed by atoms with Gasteiger partial charge in [0.25, 0.3) is 0 Å². The maximum Gasteiger partial charge on any atom is 0.0637 e. The van der Waals surface area contributed by atoms with Crippen LogP contribution < -0.4 is 0 Å². The zero-order valence-corrected chi connectivity index (χ0v) is 14.5. The predicted molar refractivity (Wildman–Crippen MR) is 87.1 cm³/mol. The van der Waals surface area contributed by atoms with Gasteiger partial charge in [-0.15, -0.1) is 0 Å². The molecular formula is C20H34O. The van der Waals surface area contributed by atoms with E-state index in [4.69, 9.17) is 4.74 Å². The van der Waals surface area contributed by atoms with E-state index in [9.17, 15) is 0 Å². The van der Waals surface area contributed by atoms with Gasteiger partial charge < -0.3 is 4.74 Å². The molecule has 0 aromatic rings. The molecule has 0 radical (unpaired) electrons. The van der Waals surface area contributed by atoms with E-state index >= 15 is 0 Å². The molecule has 0 unspecified atom stereocenters. The van der Waals surface area contributed by atoms with Gasteiger partial charge in [0.2, 0.25) is 0 Å². The van der Waals surface area contributed by atoms with Crippen molar-refractivity contribution in [3.05, 3.63) is 0 Å². The minimum atomic E-state index is 0.470. The first-order valence-electron chi connectivity index (χ1n) is 9.59. The molecule has 1 nitrogen and oxygen atoms in total. The Bertz CT molecular complexity index is 418. The van der Waals surface area contributed by atoms with Crippen LogP contribution in [0.2, 0.25) is 0 Å². The number of ether oxygens (including phenoxy) is 1. The van der Waals surface area contributed by atoms with Crippen molar-refractivity contribution in [3.63, 3.8) is 0 Å². The summed E-state index contributed by atoms with van der Waals surface area (Å²) in [5.41, 5.74) is 1.07. The summed E-state index contributed by atoms with van der Waals surface area (Å²) < 4.78 is 6.41. The summed E-state index contributed by atoms with van der Waals surface area (Å²) in [7, 11) is 0. The van der Waals surface area contributed by atoms with Crippen molar-refractivity contribution in [3.8, 4) is 0 Å². The normalized spacial score (nSPS) is 60.0. The van der Waals surface area contributed by atoms with Gasteiger partial charge in [0.15, 0.2) is 0 Å². The Morgan fingerprint density at radius 2 is 1.67 bits per heavy atom. The van der Waals surface area contributed by atoms with E-state index in [1.165, 1.54) is 44.9 Å². The molecule has 1 saturated heterocycles. The lowest BCUT2D eigenvalue weighted by Crippen LogP contribution is -2.65. The van der Waals surface area contributed by atoms with Crippen molar-refractivity contribution < 1.29 is 4.74 Å². The van der Waals surface area contributed by atoms with E-state index in [0.29, 0.717) is 16.9 Å². The van der Waals surface area contributed by atoms with Crippen LogP contribution in [0.3, 0.4) is 0 Å². The number of rotatable bonds is 0. The Morgan fingerprint density at radius 1 is 0.905 bits per heavy atom. The van der Waals surface area contributed by atoms with Gasteiger partial charge in [0, 0.05) is 12.0 Å². The highest BCUT2D eigenvalue weighted by Gasteiger charge is 2.64. The zero-order chi connectivity index (χ0) is 14.8. The Morgan fingerprint density at radius 3 is 2.48 bits per heavy atom. The molecule has 4 rings (SSSR count). The van der Waals surface area contributed by atoms with Crippen molar-refractivity contribution >= 4 is 0 Å². The fourth-order valence-corrected chi connectivity index (χ4v) is 7.76.